The van der Waals surface area contributed by atoms with Crippen LogP contribution in [0.4, 0.5) is 0 Å². The van der Waals surface area contributed by atoms with Gasteiger partial charge in [-0.2, -0.15) is 0 Å². The monoisotopic (exact) mass is 256 g/mol. The van der Waals surface area contributed by atoms with Crippen molar-refractivity contribution in [1.82, 2.24) is 4.90 Å². The summed E-state index contributed by atoms with van der Waals surface area (Å²) >= 11 is 0. The topological polar surface area (TPSA) is 38.5 Å². The summed E-state index contributed by atoms with van der Waals surface area (Å²) in [5.74, 6) is 0.461. The summed E-state index contributed by atoms with van der Waals surface area (Å²) in [5, 5.41) is 0. The lowest BCUT2D eigenvalue weighted by Gasteiger charge is -2.32. The maximum absolute atomic E-state index is 6.43. The van der Waals surface area contributed by atoms with Crippen molar-refractivity contribution in [1.29, 1.82) is 0 Å². The fourth-order valence-electron chi connectivity index (χ4n) is 3.34. The van der Waals surface area contributed by atoms with Gasteiger partial charge in [0.15, 0.2) is 0 Å². The molecule has 1 aliphatic heterocycles. The number of nitrogens with zero attached hydrogens (tertiary/aromatic N) is 1. The van der Waals surface area contributed by atoms with Crippen LogP contribution in [0.15, 0.2) is 0 Å². The molecule has 1 aliphatic rings. The second kappa shape index (κ2) is 5.89. The van der Waals surface area contributed by atoms with Crippen molar-refractivity contribution in [2.24, 2.45) is 11.7 Å². The molecular formula is C15H32N2O. The normalized spacial score (nSPS) is 27.7. The van der Waals surface area contributed by atoms with Crippen LogP contribution in [-0.4, -0.2) is 41.8 Å². The molecule has 2 atom stereocenters. The van der Waals surface area contributed by atoms with Crippen molar-refractivity contribution in [2.75, 3.05) is 19.6 Å². The van der Waals surface area contributed by atoms with E-state index in [4.69, 9.17) is 10.5 Å². The van der Waals surface area contributed by atoms with E-state index in [0.29, 0.717) is 5.92 Å². The van der Waals surface area contributed by atoms with Gasteiger partial charge in [0.05, 0.1) is 11.2 Å². The van der Waals surface area contributed by atoms with Gasteiger partial charge < -0.3 is 15.4 Å². The van der Waals surface area contributed by atoms with Crippen LogP contribution in [0.5, 0.6) is 0 Å². The number of ether oxygens (including phenoxy) is 1. The highest BCUT2D eigenvalue weighted by atomic mass is 16.5. The van der Waals surface area contributed by atoms with Crippen molar-refractivity contribution in [3.8, 4) is 0 Å². The van der Waals surface area contributed by atoms with Crippen LogP contribution in [0, 0.1) is 5.92 Å². The van der Waals surface area contributed by atoms with Crippen molar-refractivity contribution in [3.63, 3.8) is 0 Å². The van der Waals surface area contributed by atoms with Crippen molar-refractivity contribution >= 4 is 0 Å². The molecule has 0 radical (unpaired) electrons. The molecule has 0 aliphatic carbocycles. The highest BCUT2D eigenvalue weighted by Crippen LogP contribution is 2.43. The Morgan fingerprint density at radius 2 is 1.78 bits per heavy atom. The highest BCUT2D eigenvalue weighted by Gasteiger charge is 2.47. The van der Waals surface area contributed by atoms with Gasteiger partial charge in [-0.15, -0.1) is 0 Å². The molecule has 18 heavy (non-hydrogen) atoms. The first-order valence-electron chi connectivity index (χ1n) is 7.40. The summed E-state index contributed by atoms with van der Waals surface area (Å²) in [6.07, 6.45) is 2.13. The molecule has 0 amide bonds. The van der Waals surface area contributed by atoms with E-state index in [2.05, 4.69) is 46.4 Å². The zero-order valence-electron chi connectivity index (χ0n) is 13.1. The smallest absolute Gasteiger partial charge is 0.0677 e. The molecule has 1 rings (SSSR count). The molecule has 1 heterocycles. The summed E-state index contributed by atoms with van der Waals surface area (Å²) in [7, 11) is 0. The van der Waals surface area contributed by atoms with Gasteiger partial charge in [-0.1, -0.05) is 13.8 Å². The molecule has 108 valence electrons. The van der Waals surface area contributed by atoms with Gasteiger partial charge in [-0.05, 0) is 60.2 Å². The van der Waals surface area contributed by atoms with Crippen molar-refractivity contribution < 1.29 is 4.74 Å². The van der Waals surface area contributed by atoms with E-state index in [0.717, 1.165) is 32.5 Å². The predicted octanol–water partition coefficient (Wildman–Crippen LogP) is 2.64. The van der Waals surface area contributed by atoms with Crippen LogP contribution in [-0.2, 0) is 4.74 Å². The van der Waals surface area contributed by atoms with Crippen LogP contribution >= 0.6 is 0 Å². The average Bonchev–Trinajstić information content (AvgIpc) is 2.48. The predicted molar refractivity (Wildman–Crippen MR) is 77.7 cm³/mol. The van der Waals surface area contributed by atoms with Crippen LogP contribution in [0.3, 0.4) is 0 Å². The quantitative estimate of drug-likeness (QED) is 0.794. The molecule has 3 heteroatoms. The van der Waals surface area contributed by atoms with Crippen LogP contribution in [0.2, 0.25) is 0 Å². The fourth-order valence-corrected chi connectivity index (χ4v) is 3.34. The first-order chi connectivity index (χ1) is 8.22. The van der Waals surface area contributed by atoms with Gasteiger partial charge in [-0.25, -0.2) is 0 Å². The van der Waals surface area contributed by atoms with E-state index >= 15 is 0 Å². The summed E-state index contributed by atoms with van der Waals surface area (Å²) in [6.45, 7) is 16.5. The number of rotatable bonds is 6. The fraction of sp³-hybridized carbons (Fsp3) is 1.00. The Hall–Kier alpha value is -0.120. The SMILES string of the molecule is CCN(CC)CCC(N)C1CC(C)(C)OC1(C)C. The minimum absolute atomic E-state index is 0.0268. The first kappa shape index (κ1) is 15.9. The lowest BCUT2D eigenvalue weighted by molar-refractivity contribution is -0.0768. The van der Waals surface area contributed by atoms with Gasteiger partial charge in [0.2, 0.25) is 0 Å². The lowest BCUT2D eigenvalue weighted by Crippen LogP contribution is -2.43. The lowest BCUT2D eigenvalue weighted by atomic mass is 9.81. The maximum atomic E-state index is 6.43. The van der Waals surface area contributed by atoms with E-state index in [-0.39, 0.29) is 17.2 Å². The third kappa shape index (κ3) is 3.94. The molecule has 1 fully saturated rings. The second-order valence-corrected chi connectivity index (χ2v) is 6.76. The minimum atomic E-state index is -0.0911. The summed E-state index contributed by atoms with van der Waals surface area (Å²) < 4.78 is 6.14. The highest BCUT2D eigenvalue weighted by molar-refractivity contribution is 4.98. The standard InChI is InChI=1S/C15H32N2O/c1-7-17(8-2)10-9-13(16)12-11-14(3,4)18-15(12,5)6/h12-13H,7-11,16H2,1-6H3. The summed E-state index contributed by atoms with van der Waals surface area (Å²) in [5.41, 5.74) is 6.31. The van der Waals surface area contributed by atoms with Gasteiger partial charge in [0, 0.05) is 12.0 Å². The molecule has 0 aromatic carbocycles. The second-order valence-electron chi connectivity index (χ2n) is 6.76. The Balaban J connectivity index is 2.54. The van der Waals surface area contributed by atoms with Crippen LogP contribution < -0.4 is 5.73 Å². The van der Waals surface area contributed by atoms with E-state index in [1.54, 1.807) is 0 Å². The van der Waals surface area contributed by atoms with Gasteiger partial charge in [0.25, 0.3) is 0 Å². The number of nitrogens with two attached hydrogens (primary N) is 1. The Kier molecular flexibility index (Phi) is 5.22. The van der Waals surface area contributed by atoms with Gasteiger partial charge >= 0.3 is 0 Å². The van der Waals surface area contributed by atoms with E-state index < -0.39 is 0 Å². The molecule has 0 bridgehead atoms. The first-order valence-corrected chi connectivity index (χ1v) is 7.40. The number of hydrogen-bond acceptors (Lipinski definition) is 3. The zero-order valence-corrected chi connectivity index (χ0v) is 13.1. The third-order valence-electron chi connectivity index (χ3n) is 4.33. The molecule has 0 aromatic rings. The molecule has 2 unspecified atom stereocenters. The van der Waals surface area contributed by atoms with Gasteiger partial charge in [0.1, 0.15) is 0 Å². The Labute approximate surface area is 113 Å². The van der Waals surface area contributed by atoms with E-state index in [1.165, 1.54) is 0 Å². The molecule has 0 spiro atoms. The largest absolute Gasteiger partial charge is 0.369 e. The molecule has 2 N–H and O–H groups in total. The number of hydrogen-bond donors (Lipinski definition) is 1. The summed E-state index contributed by atoms with van der Waals surface area (Å²) in [6, 6.07) is 0.238. The van der Waals surface area contributed by atoms with E-state index in [9.17, 15) is 0 Å². The maximum Gasteiger partial charge on any atom is 0.0677 e. The molecule has 0 saturated carbocycles. The summed E-state index contributed by atoms with van der Waals surface area (Å²) in [4.78, 5) is 2.44. The average molecular weight is 256 g/mol. The molecule has 3 nitrogen and oxygen atoms in total. The van der Waals surface area contributed by atoms with Crippen molar-refractivity contribution in [2.45, 2.75) is 71.6 Å². The Morgan fingerprint density at radius 1 is 1.22 bits per heavy atom. The van der Waals surface area contributed by atoms with Crippen molar-refractivity contribution in [3.05, 3.63) is 0 Å². The molecule has 0 aromatic heterocycles. The minimum Gasteiger partial charge on any atom is -0.369 e. The van der Waals surface area contributed by atoms with E-state index in [1.807, 2.05) is 0 Å². The van der Waals surface area contributed by atoms with Gasteiger partial charge in [-0.3, -0.25) is 0 Å². The third-order valence-corrected chi connectivity index (χ3v) is 4.33. The van der Waals surface area contributed by atoms with Crippen LogP contribution in [0.25, 0.3) is 0 Å². The Morgan fingerprint density at radius 3 is 2.17 bits per heavy atom. The molecular weight excluding hydrogens is 224 g/mol. The molecule has 1 saturated heterocycles. The zero-order chi connectivity index (χ0) is 14.0. The Bertz CT molecular complexity index is 259. The van der Waals surface area contributed by atoms with Crippen LogP contribution in [0.1, 0.15) is 54.4 Å².